The highest BCUT2D eigenvalue weighted by Crippen LogP contribution is 2.23. The van der Waals surface area contributed by atoms with Crippen molar-refractivity contribution < 1.29 is 14.3 Å². The minimum atomic E-state index is -0.364. The smallest absolute Gasteiger partial charge is 0.340 e. The van der Waals surface area contributed by atoms with Crippen LogP contribution in [0, 0.1) is 13.8 Å². The fraction of sp³-hybridized carbons (Fsp3) is 0.174. The summed E-state index contributed by atoms with van der Waals surface area (Å²) in [6.45, 7) is 5.98. The van der Waals surface area contributed by atoms with Crippen LogP contribution >= 0.6 is 15.9 Å². The van der Waals surface area contributed by atoms with Crippen molar-refractivity contribution in [3.63, 3.8) is 0 Å². The maximum absolute atomic E-state index is 12.4. The zero-order valence-corrected chi connectivity index (χ0v) is 18.6. The zero-order valence-electron chi connectivity index (χ0n) is 17.0. The fourth-order valence-electron chi connectivity index (χ4n) is 3.21. The van der Waals surface area contributed by atoms with Crippen molar-refractivity contribution in [1.82, 2.24) is 9.99 Å². The minimum absolute atomic E-state index is 0.305. The molecule has 6 nitrogen and oxygen atoms in total. The molecule has 1 N–H and O–H groups in total. The Morgan fingerprint density at radius 3 is 2.47 bits per heavy atom. The molecule has 1 aromatic heterocycles. The number of hydrogen-bond donors (Lipinski definition) is 1. The highest BCUT2D eigenvalue weighted by molar-refractivity contribution is 9.10. The van der Waals surface area contributed by atoms with Crippen LogP contribution in [0.2, 0.25) is 0 Å². The van der Waals surface area contributed by atoms with Crippen LogP contribution in [0.5, 0.6) is 0 Å². The van der Waals surface area contributed by atoms with Crippen molar-refractivity contribution in [2.75, 3.05) is 6.61 Å². The first-order valence-corrected chi connectivity index (χ1v) is 10.3. The number of carbonyl (C=O) groups is 2. The van der Waals surface area contributed by atoms with Gasteiger partial charge < -0.3 is 9.30 Å². The number of aryl methyl sites for hydroxylation is 1. The number of esters is 1. The van der Waals surface area contributed by atoms with Crippen LogP contribution in [0.15, 0.2) is 64.2 Å². The van der Waals surface area contributed by atoms with Gasteiger partial charge >= 0.3 is 5.97 Å². The number of amides is 1. The quantitative estimate of drug-likeness (QED) is 0.321. The largest absolute Gasteiger partial charge is 0.462 e. The summed E-state index contributed by atoms with van der Waals surface area (Å²) in [4.78, 5) is 24.7. The molecule has 1 heterocycles. The van der Waals surface area contributed by atoms with Gasteiger partial charge in [-0.15, -0.1) is 0 Å². The average molecular weight is 468 g/mol. The summed E-state index contributed by atoms with van der Waals surface area (Å²) in [6.07, 6.45) is 1.60. The Hall–Kier alpha value is -3.19. The van der Waals surface area contributed by atoms with Crippen molar-refractivity contribution in [1.29, 1.82) is 0 Å². The Labute approximate surface area is 183 Å². The van der Waals surface area contributed by atoms with E-state index in [4.69, 9.17) is 4.74 Å². The van der Waals surface area contributed by atoms with Crippen molar-refractivity contribution in [2.45, 2.75) is 20.8 Å². The van der Waals surface area contributed by atoms with E-state index in [0.717, 1.165) is 22.6 Å². The van der Waals surface area contributed by atoms with Gasteiger partial charge in [0.05, 0.1) is 29.6 Å². The molecule has 0 bridgehead atoms. The van der Waals surface area contributed by atoms with Crippen molar-refractivity contribution in [3.05, 3.63) is 87.1 Å². The third-order valence-electron chi connectivity index (χ3n) is 4.60. The first-order valence-electron chi connectivity index (χ1n) is 9.47. The molecule has 3 aromatic rings. The fourth-order valence-corrected chi connectivity index (χ4v) is 3.67. The van der Waals surface area contributed by atoms with E-state index < -0.39 is 0 Å². The van der Waals surface area contributed by atoms with Crippen LogP contribution in [0.4, 0.5) is 0 Å². The summed E-state index contributed by atoms with van der Waals surface area (Å²) in [5.41, 5.74) is 6.94. The summed E-state index contributed by atoms with van der Waals surface area (Å²) >= 11 is 3.36. The summed E-state index contributed by atoms with van der Waals surface area (Å²) in [5, 5.41) is 4.10. The molecule has 0 fully saturated rings. The van der Waals surface area contributed by atoms with Crippen LogP contribution in [0.25, 0.3) is 5.69 Å². The van der Waals surface area contributed by atoms with Crippen LogP contribution in [0.3, 0.4) is 0 Å². The second-order valence-electron chi connectivity index (χ2n) is 6.58. The Morgan fingerprint density at radius 1 is 1.10 bits per heavy atom. The van der Waals surface area contributed by atoms with Crippen molar-refractivity contribution in [3.8, 4) is 5.69 Å². The third kappa shape index (κ3) is 4.52. The van der Waals surface area contributed by atoms with Gasteiger partial charge in [-0.3, -0.25) is 4.79 Å². The molecule has 0 saturated carbocycles. The molecule has 0 aliphatic heterocycles. The number of nitrogens with one attached hydrogen (secondary N) is 1. The lowest BCUT2D eigenvalue weighted by Crippen LogP contribution is -2.18. The maximum Gasteiger partial charge on any atom is 0.340 e. The Bertz CT molecular complexity index is 1120. The topological polar surface area (TPSA) is 72.7 Å². The van der Waals surface area contributed by atoms with Gasteiger partial charge in [0.15, 0.2) is 0 Å². The SMILES string of the molecule is CCOC(=O)c1ccccc1-n1c(C)cc(/C=N\NC(=O)c2ccccc2Br)c1C. The number of carbonyl (C=O) groups excluding carboxylic acids is 2. The standard InChI is InChI=1S/C23H22BrN3O3/c1-4-30-23(29)19-10-6-8-12-21(19)27-15(2)13-17(16(27)3)14-25-26-22(28)18-9-5-7-11-20(18)24/h5-14H,4H2,1-3H3,(H,26,28)/b25-14-. The van der Waals surface area contributed by atoms with E-state index in [2.05, 4.69) is 26.5 Å². The molecule has 0 unspecified atom stereocenters. The van der Waals surface area contributed by atoms with Gasteiger partial charge in [-0.2, -0.15) is 5.10 Å². The van der Waals surface area contributed by atoms with Gasteiger partial charge in [0, 0.05) is 21.4 Å². The minimum Gasteiger partial charge on any atom is -0.462 e. The van der Waals surface area contributed by atoms with Crippen LogP contribution in [-0.2, 0) is 4.74 Å². The highest BCUT2D eigenvalue weighted by atomic mass is 79.9. The van der Waals surface area contributed by atoms with E-state index in [1.807, 2.05) is 48.7 Å². The number of hydrogen-bond acceptors (Lipinski definition) is 4. The Balaban J connectivity index is 1.87. The van der Waals surface area contributed by atoms with Crippen LogP contribution < -0.4 is 5.43 Å². The normalized spacial score (nSPS) is 10.9. The molecule has 7 heteroatoms. The van der Waals surface area contributed by atoms with Crippen LogP contribution in [-0.4, -0.2) is 29.3 Å². The molecule has 154 valence electrons. The van der Waals surface area contributed by atoms with Gasteiger partial charge in [-0.1, -0.05) is 24.3 Å². The second kappa shape index (κ2) is 9.54. The first kappa shape index (κ1) is 21.5. The van der Waals surface area contributed by atoms with Gasteiger partial charge in [-0.25, -0.2) is 10.2 Å². The van der Waals surface area contributed by atoms with E-state index in [1.54, 1.807) is 37.4 Å². The molecule has 0 radical (unpaired) electrons. The van der Waals surface area contributed by atoms with E-state index in [9.17, 15) is 9.59 Å². The molecule has 0 saturated heterocycles. The number of benzene rings is 2. The molecule has 0 spiro atoms. The number of nitrogens with zero attached hydrogens (tertiary/aromatic N) is 2. The predicted octanol–water partition coefficient (Wildman–Crippen LogP) is 4.80. The molecule has 0 aliphatic carbocycles. The lowest BCUT2D eigenvalue weighted by molar-refractivity contribution is 0.0526. The number of halogens is 1. The van der Waals surface area contributed by atoms with E-state index in [-0.39, 0.29) is 11.9 Å². The predicted molar refractivity (Wildman–Crippen MR) is 120 cm³/mol. The molecular weight excluding hydrogens is 446 g/mol. The second-order valence-corrected chi connectivity index (χ2v) is 7.43. The number of hydrazone groups is 1. The zero-order chi connectivity index (χ0) is 21.7. The summed E-state index contributed by atoms with van der Waals surface area (Å²) in [7, 11) is 0. The molecule has 0 atom stereocenters. The number of ether oxygens (including phenoxy) is 1. The number of para-hydroxylation sites is 1. The van der Waals surface area contributed by atoms with Crippen molar-refractivity contribution >= 4 is 34.0 Å². The molecule has 30 heavy (non-hydrogen) atoms. The summed E-state index contributed by atoms with van der Waals surface area (Å²) < 4.78 is 7.87. The monoisotopic (exact) mass is 467 g/mol. The number of rotatable bonds is 6. The lowest BCUT2D eigenvalue weighted by atomic mass is 10.1. The van der Waals surface area contributed by atoms with E-state index in [1.165, 1.54) is 0 Å². The highest BCUT2D eigenvalue weighted by Gasteiger charge is 2.17. The van der Waals surface area contributed by atoms with Gasteiger partial charge in [0.1, 0.15) is 0 Å². The summed E-state index contributed by atoms with van der Waals surface area (Å²) in [6, 6.07) is 16.4. The van der Waals surface area contributed by atoms with E-state index >= 15 is 0 Å². The maximum atomic E-state index is 12.4. The molecule has 2 aromatic carbocycles. The average Bonchev–Trinajstić information content (AvgIpc) is 3.01. The first-order chi connectivity index (χ1) is 14.4. The molecule has 1 amide bonds. The van der Waals surface area contributed by atoms with Gasteiger partial charge in [-0.05, 0) is 67.0 Å². The molecule has 3 rings (SSSR count). The van der Waals surface area contributed by atoms with Crippen molar-refractivity contribution in [2.24, 2.45) is 5.10 Å². The Morgan fingerprint density at radius 2 is 1.77 bits per heavy atom. The molecule has 0 aliphatic rings. The summed E-state index contributed by atoms with van der Waals surface area (Å²) in [5.74, 6) is -0.670. The lowest BCUT2D eigenvalue weighted by Gasteiger charge is -2.14. The van der Waals surface area contributed by atoms with E-state index in [0.29, 0.717) is 22.2 Å². The van der Waals surface area contributed by atoms with Gasteiger partial charge in [0.25, 0.3) is 5.91 Å². The Kier molecular flexibility index (Phi) is 6.84. The van der Waals surface area contributed by atoms with Gasteiger partial charge in [0.2, 0.25) is 0 Å². The molecular formula is C23H22BrN3O3. The number of aromatic nitrogens is 1. The third-order valence-corrected chi connectivity index (χ3v) is 5.29. The van der Waals surface area contributed by atoms with Crippen LogP contribution in [0.1, 0.15) is 44.6 Å².